The topological polar surface area (TPSA) is 80.6 Å². The van der Waals surface area contributed by atoms with Crippen LogP contribution in [-0.4, -0.2) is 46.0 Å². The molecule has 0 spiro atoms. The van der Waals surface area contributed by atoms with Crippen LogP contribution in [0.15, 0.2) is 42.5 Å². The number of carbonyl (C=O) groups is 3. The third-order valence-corrected chi connectivity index (χ3v) is 5.46. The van der Waals surface area contributed by atoms with Gasteiger partial charge < -0.3 is 9.30 Å². The summed E-state index contributed by atoms with van der Waals surface area (Å²) < 4.78 is 6.81. The second kappa shape index (κ2) is 8.69. The number of aryl methyl sites for hydroxylation is 2. The molecule has 1 aromatic carbocycles. The molecule has 31 heavy (non-hydrogen) atoms. The van der Waals surface area contributed by atoms with Gasteiger partial charge in [-0.05, 0) is 68.4 Å². The van der Waals surface area contributed by atoms with Crippen molar-refractivity contribution in [2.24, 2.45) is 0 Å². The molecule has 0 radical (unpaired) electrons. The molecule has 1 saturated heterocycles. The minimum Gasteiger partial charge on any atom is -0.465 e. The van der Waals surface area contributed by atoms with Gasteiger partial charge in [0.1, 0.15) is 5.57 Å². The Hall–Kier alpha value is -3.52. The summed E-state index contributed by atoms with van der Waals surface area (Å²) in [6, 6.07) is 7.22. The molecule has 3 rings (SSSR count). The van der Waals surface area contributed by atoms with Gasteiger partial charge in [-0.1, -0.05) is 12.1 Å². The lowest BCUT2D eigenvalue weighted by Gasteiger charge is -2.27. The number of rotatable bonds is 5. The molecule has 0 saturated carbocycles. The molecule has 0 aliphatic carbocycles. The van der Waals surface area contributed by atoms with E-state index in [0.717, 1.165) is 22.6 Å². The molecule has 1 aliphatic rings. The van der Waals surface area contributed by atoms with Gasteiger partial charge >= 0.3 is 5.97 Å². The SMILES string of the molecule is C=CCN1C(=O)C(=Cc2cc(C)n(-c3cc(C(=O)OC)ccc3C)c2C)C(=O)NC1=S. The number of thiocarbonyl (C=S) groups is 1. The van der Waals surface area contributed by atoms with Gasteiger partial charge in [0.2, 0.25) is 0 Å². The Kier molecular flexibility index (Phi) is 6.21. The van der Waals surface area contributed by atoms with Gasteiger partial charge in [0.25, 0.3) is 11.8 Å². The molecule has 0 atom stereocenters. The minimum atomic E-state index is -0.538. The average Bonchev–Trinajstić information content (AvgIpc) is 3.01. The van der Waals surface area contributed by atoms with E-state index in [4.69, 9.17) is 17.0 Å². The first-order chi connectivity index (χ1) is 14.7. The van der Waals surface area contributed by atoms with Crippen LogP contribution in [0.4, 0.5) is 0 Å². The highest BCUT2D eigenvalue weighted by Gasteiger charge is 2.33. The highest BCUT2D eigenvalue weighted by molar-refractivity contribution is 7.80. The van der Waals surface area contributed by atoms with Crippen LogP contribution in [0.25, 0.3) is 11.8 Å². The zero-order valence-electron chi connectivity index (χ0n) is 17.8. The molecule has 1 N–H and O–H groups in total. The van der Waals surface area contributed by atoms with Crippen LogP contribution in [0.5, 0.6) is 0 Å². The Morgan fingerprint density at radius 2 is 1.94 bits per heavy atom. The fourth-order valence-corrected chi connectivity index (χ4v) is 3.79. The van der Waals surface area contributed by atoms with Crippen molar-refractivity contribution in [3.05, 3.63) is 70.6 Å². The van der Waals surface area contributed by atoms with Crippen LogP contribution >= 0.6 is 12.2 Å². The van der Waals surface area contributed by atoms with E-state index in [-0.39, 0.29) is 17.2 Å². The Morgan fingerprint density at radius 3 is 2.58 bits per heavy atom. The van der Waals surface area contributed by atoms with Gasteiger partial charge in [0.15, 0.2) is 5.11 Å². The molecule has 8 heteroatoms. The van der Waals surface area contributed by atoms with E-state index in [1.54, 1.807) is 24.3 Å². The highest BCUT2D eigenvalue weighted by Crippen LogP contribution is 2.27. The summed E-state index contributed by atoms with van der Waals surface area (Å²) in [4.78, 5) is 38.5. The van der Waals surface area contributed by atoms with E-state index in [9.17, 15) is 14.4 Å². The van der Waals surface area contributed by atoms with Crippen molar-refractivity contribution in [3.8, 4) is 5.69 Å². The maximum Gasteiger partial charge on any atom is 0.337 e. The van der Waals surface area contributed by atoms with Crippen molar-refractivity contribution in [3.63, 3.8) is 0 Å². The number of nitrogens with one attached hydrogen (secondary N) is 1. The number of hydrogen-bond donors (Lipinski definition) is 1. The number of ether oxygens (including phenoxy) is 1. The lowest BCUT2D eigenvalue weighted by molar-refractivity contribution is -0.128. The smallest absolute Gasteiger partial charge is 0.337 e. The van der Waals surface area contributed by atoms with E-state index in [2.05, 4.69) is 11.9 Å². The maximum absolute atomic E-state index is 12.8. The normalized spacial score (nSPS) is 15.3. The van der Waals surface area contributed by atoms with E-state index in [1.807, 2.05) is 37.5 Å². The third-order valence-electron chi connectivity index (χ3n) is 5.14. The quantitative estimate of drug-likeness (QED) is 0.256. The summed E-state index contributed by atoms with van der Waals surface area (Å²) in [6.07, 6.45) is 3.11. The van der Waals surface area contributed by atoms with Crippen molar-refractivity contribution < 1.29 is 19.1 Å². The summed E-state index contributed by atoms with van der Waals surface area (Å²) >= 11 is 5.09. The monoisotopic (exact) mass is 437 g/mol. The van der Waals surface area contributed by atoms with Gasteiger partial charge in [-0.2, -0.15) is 0 Å². The summed E-state index contributed by atoms with van der Waals surface area (Å²) in [7, 11) is 1.34. The first-order valence-electron chi connectivity index (χ1n) is 9.57. The summed E-state index contributed by atoms with van der Waals surface area (Å²) in [5.41, 5.74) is 4.63. The molecular weight excluding hydrogens is 414 g/mol. The lowest BCUT2D eigenvalue weighted by Crippen LogP contribution is -2.53. The largest absolute Gasteiger partial charge is 0.465 e. The predicted molar refractivity (Wildman–Crippen MR) is 122 cm³/mol. The summed E-state index contributed by atoms with van der Waals surface area (Å²) in [6.45, 7) is 9.58. The third kappa shape index (κ3) is 4.06. The highest BCUT2D eigenvalue weighted by atomic mass is 32.1. The van der Waals surface area contributed by atoms with Crippen LogP contribution in [0.2, 0.25) is 0 Å². The molecule has 2 amide bonds. The molecule has 1 fully saturated rings. The zero-order valence-corrected chi connectivity index (χ0v) is 18.6. The molecule has 0 unspecified atom stereocenters. The maximum atomic E-state index is 12.8. The van der Waals surface area contributed by atoms with Gasteiger partial charge in [-0.15, -0.1) is 6.58 Å². The number of aromatic nitrogens is 1. The minimum absolute atomic E-state index is 0.00395. The first kappa shape index (κ1) is 22.2. The van der Waals surface area contributed by atoms with Crippen LogP contribution in [0, 0.1) is 20.8 Å². The van der Waals surface area contributed by atoms with Crippen molar-refractivity contribution in [1.29, 1.82) is 0 Å². The van der Waals surface area contributed by atoms with Gasteiger partial charge in [0, 0.05) is 23.6 Å². The molecule has 2 aromatic rings. The van der Waals surface area contributed by atoms with Crippen molar-refractivity contribution >= 4 is 41.2 Å². The second-order valence-corrected chi connectivity index (χ2v) is 7.56. The van der Waals surface area contributed by atoms with Crippen LogP contribution in [-0.2, 0) is 14.3 Å². The lowest BCUT2D eigenvalue weighted by atomic mass is 10.1. The van der Waals surface area contributed by atoms with Gasteiger partial charge in [-0.3, -0.25) is 19.8 Å². The zero-order chi connectivity index (χ0) is 22.9. The fourth-order valence-electron chi connectivity index (χ4n) is 3.54. The van der Waals surface area contributed by atoms with E-state index in [1.165, 1.54) is 12.0 Å². The van der Waals surface area contributed by atoms with E-state index >= 15 is 0 Å². The standard InChI is InChI=1S/C23H23N3O4S/c1-6-9-25-21(28)18(20(27)24-23(25)31)11-17-10-14(3)26(15(17)4)19-12-16(22(29)30-5)8-7-13(19)2/h6-8,10-12H,1,9H2,2-5H3,(H,24,27,31). The van der Waals surface area contributed by atoms with Crippen LogP contribution in [0.3, 0.4) is 0 Å². The molecular formula is C23H23N3O4S. The Bertz CT molecular complexity index is 1160. The van der Waals surface area contributed by atoms with Crippen LogP contribution < -0.4 is 5.32 Å². The second-order valence-electron chi connectivity index (χ2n) is 7.18. The number of methoxy groups -OCH3 is 1. The number of nitrogens with zero attached hydrogens (tertiary/aromatic N) is 2. The van der Waals surface area contributed by atoms with E-state index in [0.29, 0.717) is 11.1 Å². The molecule has 1 aromatic heterocycles. The fraction of sp³-hybridized carbons (Fsp3) is 0.217. The number of esters is 1. The number of benzene rings is 1. The summed E-state index contributed by atoms with van der Waals surface area (Å²) in [5.74, 6) is -1.43. The Morgan fingerprint density at radius 1 is 1.23 bits per heavy atom. The molecule has 0 bridgehead atoms. The predicted octanol–water partition coefficient (Wildman–Crippen LogP) is 3.00. The Balaban J connectivity index is 2.09. The number of hydrogen-bond acceptors (Lipinski definition) is 5. The van der Waals surface area contributed by atoms with Crippen LogP contribution in [0.1, 0.15) is 32.9 Å². The van der Waals surface area contributed by atoms with Gasteiger partial charge in [-0.25, -0.2) is 4.79 Å². The summed E-state index contributed by atoms with van der Waals surface area (Å²) in [5, 5.41) is 2.61. The number of amides is 2. The van der Waals surface area contributed by atoms with Crippen molar-refractivity contribution in [1.82, 2.24) is 14.8 Å². The Labute approximate surface area is 186 Å². The molecule has 2 heterocycles. The average molecular weight is 438 g/mol. The molecule has 160 valence electrons. The van der Waals surface area contributed by atoms with Crippen molar-refractivity contribution in [2.45, 2.75) is 20.8 Å². The molecule has 7 nitrogen and oxygen atoms in total. The first-order valence-corrected chi connectivity index (χ1v) is 9.98. The van der Waals surface area contributed by atoms with E-state index < -0.39 is 17.8 Å². The van der Waals surface area contributed by atoms with Crippen molar-refractivity contribution in [2.75, 3.05) is 13.7 Å². The van der Waals surface area contributed by atoms with Gasteiger partial charge in [0.05, 0.1) is 12.7 Å². The number of carbonyl (C=O) groups excluding carboxylic acids is 3. The molecule has 1 aliphatic heterocycles.